The number of thioether (sulfide) groups is 1. The third-order valence-corrected chi connectivity index (χ3v) is 8.11. The summed E-state index contributed by atoms with van der Waals surface area (Å²) in [4.78, 5) is 43.5. The fourth-order valence-electron chi connectivity index (χ4n) is 4.90. The van der Waals surface area contributed by atoms with Gasteiger partial charge in [-0.1, -0.05) is 42.5 Å². The Balaban J connectivity index is 1.18. The Bertz CT molecular complexity index is 1500. The molecule has 0 atom stereocenters. The minimum absolute atomic E-state index is 0.0886. The average molecular weight is 596 g/mol. The summed E-state index contributed by atoms with van der Waals surface area (Å²) >= 11 is 0.676. The van der Waals surface area contributed by atoms with Gasteiger partial charge >= 0.3 is 6.18 Å². The molecule has 2 aliphatic rings. The van der Waals surface area contributed by atoms with Gasteiger partial charge in [-0.2, -0.15) is 13.2 Å². The van der Waals surface area contributed by atoms with Gasteiger partial charge in [-0.15, -0.1) is 0 Å². The summed E-state index contributed by atoms with van der Waals surface area (Å²) in [5.74, 6) is 0.0652. The Labute approximate surface area is 245 Å². The van der Waals surface area contributed by atoms with Crippen LogP contribution in [0.1, 0.15) is 32.6 Å². The van der Waals surface area contributed by atoms with E-state index >= 15 is 0 Å². The zero-order valence-corrected chi connectivity index (χ0v) is 23.6. The second-order valence-electron chi connectivity index (χ2n) is 9.96. The molecule has 0 spiro atoms. The van der Waals surface area contributed by atoms with E-state index in [1.165, 1.54) is 29.8 Å². The van der Waals surface area contributed by atoms with Crippen molar-refractivity contribution in [1.82, 2.24) is 14.7 Å². The Kier molecular flexibility index (Phi) is 8.69. The molecule has 2 saturated heterocycles. The van der Waals surface area contributed by atoms with Crippen LogP contribution in [-0.4, -0.2) is 65.0 Å². The molecular formula is C31H28F3N3O4S. The highest BCUT2D eigenvalue weighted by Crippen LogP contribution is 2.36. The van der Waals surface area contributed by atoms with Crippen molar-refractivity contribution >= 4 is 34.9 Å². The molecule has 42 heavy (non-hydrogen) atoms. The van der Waals surface area contributed by atoms with E-state index in [1.54, 1.807) is 31.4 Å². The van der Waals surface area contributed by atoms with Crippen molar-refractivity contribution in [1.29, 1.82) is 0 Å². The number of alkyl halides is 3. The van der Waals surface area contributed by atoms with Gasteiger partial charge in [-0.3, -0.25) is 24.2 Å². The summed E-state index contributed by atoms with van der Waals surface area (Å²) in [6.45, 7) is 3.01. The molecule has 0 unspecified atom stereocenters. The zero-order chi connectivity index (χ0) is 29.9. The number of piperazine rings is 1. The highest BCUT2D eigenvalue weighted by atomic mass is 32.2. The number of carbonyl (C=O) groups is 3. The van der Waals surface area contributed by atoms with Crippen LogP contribution in [0.25, 0.3) is 6.08 Å². The molecule has 0 saturated carbocycles. The van der Waals surface area contributed by atoms with Gasteiger partial charge in [-0.25, -0.2) is 0 Å². The highest BCUT2D eigenvalue weighted by Gasteiger charge is 2.38. The number of hydrogen-bond donors (Lipinski definition) is 0. The molecule has 3 aromatic rings. The van der Waals surface area contributed by atoms with Gasteiger partial charge in [0.2, 0.25) is 0 Å². The van der Waals surface area contributed by atoms with Crippen molar-refractivity contribution in [2.75, 3.05) is 33.3 Å². The first-order valence-corrected chi connectivity index (χ1v) is 14.1. The molecule has 0 aliphatic carbocycles. The van der Waals surface area contributed by atoms with Gasteiger partial charge in [0.15, 0.2) is 0 Å². The lowest BCUT2D eigenvalue weighted by Gasteiger charge is -2.34. The first-order chi connectivity index (χ1) is 20.1. The van der Waals surface area contributed by atoms with Crippen LogP contribution in [0.5, 0.6) is 5.75 Å². The van der Waals surface area contributed by atoms with Crippen molar-refractivity contribution in [3.05, 3.63) is 106 Å². The molecule has 3 aromatic carbocycles. The van der Waals surface area contributed by atoms with E-state index in [2.05, 4.69) is 4.90 Å². The zero-order valence-electron chi connectivity index (χ0n) is 22.8. The predicted octanol–water partition coefficient (Wildman–Crippen LogP) is 5.91. The van der Waals surface area contributed by atoms with Crippen LogP contribution in [0, 0.1) is 0 Å². The van der Waals surface area contributed by atoms with Gasteiger partial charge in [0.05, 0.1) is 24.1 Å². The van der Waals surface area contributed by atoms with E-state index < -0.39 is 29.4 Å². The number of amides is 3. The second-order valence-corrected chi connectivity index (χ2v) is 11.0. The number of benzene rings is 3. The number of imide groups is 1. The van der Waals surface area contributed by atoms with Crippen LogP contribution in [0.4, 0.5) is 18.0 Å². The smallest absolute Gasteiger partial charge is 0.416 e. The number of nitrogens with zero attached hydrogens (tertiary/aromatic N) is 3. The van der Waals surface area contributed by atoms with E-state index in [9.17, 15) is 27.6 Å². The number of carbonyl (C=O) groups excluding carboxylic acids is 3. The van der Waals surface area contributed by atoms with Crippen molar-refractivity contribution in [2.45, 2.75) is 19.3 Å². The maximum atomic E-state index is 13.4. The predicted molar refractivity (Wildman–Crippen MR) is 154 cm³/mol. The lowest BCUT2D eigenvalue weighted by molar-refractivity contribution is -0.139. The van der Waals surface area contributed by atoms with E-state index in [4.69, 9.17) is 4.74 Å². The highest BCUT2D eigenvalue weighted by molar-refractivity contribution is 8.18. The molecule has 2 fully saturated rings. The van der Waals surface area contributed by atoms with Crippen LogP contribution in [-0.2, 0) is 24.1 Å². The van der Waals surface area contributed by atoms with Gasteiger partial charge in [0.25, 0.3) is 17.1 Å². The van der Waals surface area contributed by atoms with E-state index in [0.29, 0.717) is 36.0 Å². The maximum Gasteiger partial charge on any atom is 0.416 e. The number of hydrogen-bond acceptors (Lipinski definition) is 6. The monoisotopic (exact) mass is 595 g/mol. The van der Waals surface area contributed by atoms with Gasteiger partial charge in [0, 0.05) is 38.3 Å². The van der Waals surface area contributed by atoms with Crippen molar-refractivity contribution in [3.8, 4) is 5.75 Å². The summed E-state index contributed by atoms with van der Waals surface area (Å²) < 4.78 is 45.3. The van der Waals surface area contributed by atoms with Crippen LogP contribution < -0.4 is 4.74 Å². The number of rotatable bonds is 7. The normalized spacial score (nSPS) is 17.3. The number of methoxy groups -OCH3 is 1. The van der Waals surface area contributed by atoms with E-state index in [-0.39, 0.29) is 16.4 Å². The summed E-state index contributed by atoms with van der Waals surface area (Å²) in [6, 6.07) is 19.5. The van der Waals surface area contributed by atoms with E-state index in [1.807, 2.05) is 29.2 Å². The van der Waals surface area contributed by atoms with Crippen molar-refractivity contribution < 1.29 is 32.3 Å². The molecule has 2 heterocycles. The van der Waals surface area contributed by atoms with Gasteiger partial charge < -0.3 is 9.64 Å². The van der Waals surface area contributed by atoms with Crippen LogP contribution in [0.3, 0.4) is 0 Å². The Morgan fingerprint density at radius 1 is 0.905 bits per heavy atom. The van der Waals surface area contributed by atoms with Crippen LogP contribution in [0.2, 0.25) is 0 Å². The summed E-state index contributed by atoms with van der Waals surface area (Å²) in [7, 11) is 1.63. The number of halogens is 3. The third-order valence-electron chi connectivity index (χ3n) is 7.20. The fourth-order valence-corrected chi connectivity index (χ4v) is 5.73. The molecule has 11 heteroatoms. The summed E-state index contributed by atoms with van der Waals surface area (Å²) in [6.07, 6.45) is -3.09. The van der Waals surface area contributed by atoms with Crippen LogP contribution >= 0.6 is 11.8 Å². The SMILES string of the molecule is COc1ccc(CN2CCN(C(=O)c3ccc(C=C4SC(=O)N(Cc5ccccc5C(F)(F)F)C4=O)cc3)CC2)cc1. The second kappa shape index (κ2) is 12.4. The van der Waals surface area contributed by atoms with E-state index in [0.717, 1.165) is 36.4 Å². The first-order valence-electron chi connectivity index (χ1n) is 13.3. The van der Waals surface area contributed by atoms with Crippen LogP contribution in [0.15, 0.2) is 77.7 Å². The van der Waals surface area contributed by atoms with Crippen molar-refractivity contribution in [3.63, 3.8) is 0 Å². The molecule has 7 nitrogen and oxygen atoms in total. The molecule has 3 amide bonds. The minimum Gasteiger partial charge on any atom is -0.497 e. The topological polar surface area (TPSA) is 70.2 Å². The maximum absolute atomic E-state index is 13.4. The van der Waals surface area contributed by atoms with Crippen molar-refractivity contribution in [2.24, 2.45) is 0 Å². The molecule has 0 radical (unpaired) electrons. The molecule has 5 rings (SSSR count). The third kappa shape index (κ3) is 6.69. The molecule has 0 bridgehead atoms. The molecular weight excluding hydrogens is 567 g/mol. The molecule has 2 aliphatic heterocycles. The summed E-state index contributed by atoms with van der Waals surface area (Å²) in [5.41, 5.74) is 1.24. The quantitative estimate of drug-likeness (QED) is 0.317. The summed E-state index contributed by atoms with van der Waals surface area (Å²) in [5, 5.41) is -0.638. The first kappa shape index (κ1) is 29.4. The number of ether oxygens (including phenoxy) is 1. The lowest BCUT2D eigenvalue weighted by Crippen LogP contribution is -2.48. The van der Waals surface area contributed by atoms with Gasteiger partial charge in [-0.05, 0) is 64.9 Å². The average Bonchev–Trinajstić information content (AvgIpc) is 3.25. The molecule has 0 aromatic heterocycles. The standard InChI is InChI=1S/C31H28F3N3O4S/c1-41-25-12-8-22(9-13-25)19-35-14-16-36(17-15-35)28(38)23-10-6-21(7-11-23)18-27-29(39)37(30(40)42-27)20-24-4-2-3-5-26(24)31(32,33)34/h2-13,18H,14-17,19-20H2,1H3. The Morgan fingerprint density at radius 2 is 1.57 bits per heavy atom. The largest absolute Gasteiger partial charge is 0.497 e. The minimum atomic E-state index is -4.60. The Hall–Kier alpha value is -4.09. The lowest BCUT2D eigenvalue weighted by atomic mass is 10.1. The molecule has 0 N–H and O–H groups in total. The van der Waals surface area contributed by atoms with Gasteiger partial charge in [0.1, 0.15) is 5.75 Å². The fraction of sp³-hybridized carbons (Fsp3) is 0.258. The molecule has 218 valence electrons. The Morgan fingerprint density at radius 3 is 2.21 bits per heavy atom.